The lowest BCUT2D eigenvalue weighted by Gasteiger charge is -2.17. The van der Waals surface area contributed by atoms with Gasteiger partial charge in [0.1, 0.15) is 12.4 Å². The standard InChI is InChI=1S/C24H25N3O5S/c1-18(28)20-9-11-23(12-10-20)33(30,31)27(2)16-24(29)26-15-19-6-5-8-22(14-19)32-17-21-7-3-4-13-25-21/h3-14H,15-17H2,1-2H3,(H,26,29). The second kappa shape index (κ2) is 10.8. The van der Waals surface area contributed by atoms with E-state index in [0.29, 0.717) is 17.9 Å². The van der Waals surface area contributed by atoms with E-state index in [1.54, 1.807) is 12.3 Å². The van der Waals surface area contributed by atoms with Crippen LogP contribution in [-0.2, 0) is 28.0 Å². The van der Waals surface area contributed by atoms with E-state index in [1.165, 1.54) is 38.2 Å². The third kappa shape index (κ3) is 6.71. The number of nitrogens with one attached hydrogen (secondary N) is 1. The maximum atomic E-state index is 12.7. The Bertz CT molecular complexity index is 1210. The van der Waals surface area contributed by atoms with Crippen molar-refractivity contribution in [1.29, 1.82) is 0 Å². The number of carbonyl (C=O) groups excluding carboxylic acids is 2. The number of amides is 1. The molecule has 0 aliphatic rings. The first kappa shape index (κ1) is 24.1. The third-order valence-electron chi connectivity index (χ3n) is 4.84. The van der Waals surface area contributed by atoms with Crippen LogP contribution in [0.3, 0.4) is 0 Å². The molecule has 0 radical (unpaired) electrons. The van der Waals surface area contributed by atoms with E-state index >= 15 is 0 Å². The minimum atomic E-state index is -3.86. The Morgan fingerprint density at radius 2 is 1.79 bits per heavy atom. The molecule has 2 aromatic carbocycles. The molecule has 0 aliphatic heterocycles. The minimum absolute atomic E-state index is 0.0144. The number of hydrogen-bond acceptors (Lipinski definition) is 6. The van der Waals surface area contributed by atoms with Gasteiger partial charge in [0.05, 0.1) is 17.1 Å². The van der Waals surface area contributed by atoms with Crippen molar-refractivity contribution in [1.82, 2.24) is 14.6 Å². The molecule has 3 rings (SSSR count). The average molecular weight is 468 g/mol. The summed E-state index contributed by atoms with van der Waals surface area (Å²) in [7, 11) is -2.53. The number of carbonyl (C=O) groups is 2. The quantitative estimate of drug-likeness (QED) is 0.460. The van der Waals surface area contributed by atoms with Gasteiger partial charge in [-0.1, -0.05) is 30.3 Å². The normalized spacial score (nSPS) is 11.2. The monoisotopic (exact) mass is 467 g/mol. The van der Waals surface area contributed by atoms with Crippen LogP contribution in [0.5, 0.6) is 5.75 Å². The SMILES string of the molecule is CC(=O)c1ccc(S(=O)(=O)N(C)CC(=O)NCc2cccc(OCc3ccccn3)c2)cc1. The minimum Gasteiger partial charge on any atom is -0.487 e. The Hall–Kier alpha value is -3.56. The summed E-state index contributed by atoms with van der Waals surface area (Å²) >= 11 is 0. The van der Waals surface area contributed by atoms with E-state index < -0.39 is 15.9 Å². The molecule has 33 heavy (non-hydrogen) atoms. The van der Waals surface area contributed by atoms with Crippen molar-refractivity contribution in [3.8, 4) is 5.75 Å². The van der Waals surface area contributed by atoms with Gasteiger partial charge in [0.2, 0.25) is 15.9 Å². The van der Waals surface area contributed by atoms with Gasteiger partial charge in [-0.05, 0) is 48.9 Å². The first-order valence-corrected chi connectivity index (χ1v) is 11.7. The molecule has 0 bridgehead atoms. The van der Waals surface area contributed by atoms with Gasteiger partial charge >= 0.3 is 0 Å². The number of hydrogen-bond donors (Lipinski definition) is 1. The Kier molecular flexibility index (Phi) is 7.92. The summed E-state index contributed by atoms with van der Waals surface area (Å²) in [6, 6.07) is 18.5. The van der Waals surface area contributed by atoms with Gasteiger partial charge in [0.25, 0.3) is 0 Å². The number of ketones is 1. The van der Waals surface area contributed by atoms with E-state index in [-0.39, 0.29) is 23.8 Å². The van der Waals surface area contributed by atoms with E-state index in [1.807, 2.05) is 36.4 Å². The largest absolute Gasteiger partial charge is 0.487 e. The van der Waals surface area contributed by atoms with Gasteiger partial charge in [-0.15, -0.1) is 0 Å². The van der Waals surface area contributed by atoms with E-state index in [9.17, 15) is 18.0 Å². The Labute approximate surface area is 193 Å². The van der Waals surface area contributed by atoms with E-state index in [4.69, 9.17) is 4.74 Å². The number of sulfonamides is 1. The van der Waals surface area contributed by atoms with Crippen molar-refractivity contribution in [2.45, 2.75) is 25.0 Å². The number of likely N-dealkylation sites (N-methyl/N-ethyl adjacent to an activating group) is 1. The highest BCUT2D eigenvalue weighted by Gasteiger charge is 2.23. The summed E-state index contributed by atoms with van der Waals surface area (Å²) in [6.07, 6.45) is 1.70. The van der Waals surface area contributed by atoms with E-state index in [2.05, 4.69) is 10.3 Å². The molecule has 8 nitrogen and oxygen atoms in total. The number of nitrogens with zero attached hydrogens (tertiary/aromatic N) is 2. The van der Waals surface area contributed by atoms with Gasteiger partial charge in [0.15, 0.2) is 5.78 Å². The topological polar surface area (TPSA) is 106 Å². The van der Waals surface area contributed by atoms with Crippen LogP contribution in [-0.4, -0.2) is 43.0 Å². The number of rotatable bonds is 10. The molecule has 0 spiro atoms. The first-order valence-electron chi connectivity index (χ1n) is 10.2. The van der Waals surface area contributed by atoms with Crippen LogP contribution in [0.25, 0.3) is 0 Å². The van der Waals surface area contributed by atoms with Crippen LogP contribution < -0.4 is 10.1 Å². The Morgan fingerprint density at radius 3 is 2.45 bits per heavy atom. The highest BCUT2D eigenvalue weighted by atomic mass is 32.2. The summed E-state index contributed by atoms with van der Waals surface area (Å²) in [4.78, 5) is 27.9. The van der Waals surface area contributed by atoms with Crippen molar-refractivity contribution in [2.75, 3.05) is 13.6 Å². The van der Waals surface area contributed by atoms with Crippen molar-refractivity contribution in [3.63, 3.8) is 0 Å². The number of Topliss-reactive ketones (excluding diaryl/α,β-unsaturated/α-hetero) is 1. The molecular formula is C24H25N3O5S. The summed E-state index contributed by atoms with van der Waals surface area (Å²) in [5, 5.41) is 2.72. The predicted molar refractivity (Wildman–Crippen MR) is 123 cm³/mol. The Morgan fingerprint density at radius 1 is 1.03 bits per heavy atom. The fourth-order valence-corrected chi connectivity index (χ4v) is 4.10. The lowest BCUT2D eigenvalue weighted by molar-refractivity contribution is -0.121. The molecule has 1 aromatic heterocycles. The molecular weight excluding hydrogens is 442 g/mol. The summed E-state index contributed by atoms with van der Waals surface area (Å²) in [6.45, 7) is 1.61. The van der Waals surface area contributed by atoms with Crippen LogP contribution in [0.1, 0.15) is 28.5 Å². The van der Waals surface area contributed by atoms with Gasteiger partial charge < -0.3 is 10.1 Å². The molecule has 0 unspecified atom stereocenters. The van der Waals surface area contributed by atoms with Gasteiger partial charge in [-0.25, -0.2) is 8.42 Å². The zero-order valence-electron chi connectivity index (χ0n) is 18.4. The van der Waals surface area contributed by atoms with Crippen molar-refractivity contribution in [3.05, 3.63) is 89.7 Å². The van der Waals surface area contributed by atoms with Gasteiger partial charge in [-0.2, -0.15) is 4.31 Å². The molecule has 172 valence electrons. The lowest BCUT2D eigenvalue weighted by atomic mass is 10.2. The molecule has 1 heterocycles. The highest BCUT2D eigenvalue weighted by Crippen LogP contribution is 2.16. The molecule has 0 fully saturated rings. The summed E-state index contributed by atoms with van der Waals surface area (Å²) in [5.41, 5.74) is 2.03. The number of pyridine rings is 1. The van der Waals surface area contributed by atoms with E-state index in [0.717, 1.165) is 15.6 Å². The second-order valence-corrected chi connectivity index (χ2v) is 9.42. The van der Waals surface area contributed by atoms with Gasteiger partial charge in [0, 0.05) is 25.4 Å². The smallest absolute Gasteiger partial charge is 0.243 e. The average Bonchev–Trinajstić information content (AvgIpc) is 2.82. The maximum Gasteiger partial charge on any atom is 0.243 e. The molecule has 3 aromatic rings. The lowest BCUT2D eigenvalue weighted by Crippen LogP contribution is -2.38. The maximum absolute atomic E-state index is 12.7. The molecule has 0 atom stereocenters. The Balaban J connectivity index is 1.53. The zero-order chi connectivity index (χ0) is 23.8. The molecule has 1 N–H and O–H groups in total. The number of benzene rings is 2. The van der Waals surface area contributed by atoms with Crippen LogP contribution in [0.4, 0.5) is 0 Å². The number of aromatic nitrogens is 1. The van der Waals surface area contributed by atoms with Crippen LogP contribution in [0.2, 0.25) is 0 Å². The highest BCUT2D eigenvalue weighted by molar-refractivity contribution is 7.89. The number of ether oxygens (including phenoxy) is 1. The molecule has 0 saturated carbocycles. The molecule has 1 amide bonds. The van der Waals surface area contributed by atoms with Gasteiger partial charge in [-0.3, -0.25) is 14.6 Å². The van der Waals surface area contributed by atoms with Crippen molar-refractivity contribution >= 4 is 21.7 Å². The fraction of sp³-hybridized carbons (Fsp3) is 0.208. The van der Waals surface area contributed by atoms with Crippen LogP contribution in [0, 0.1) is 0 Å². The molecule has 0 aliphatic carbocycles. The first-order chi connectivity index (χ1) is 15.8. The third-order valence-corrected chi connectivity index (χ3v) is 6.65. The van der Waals surface area contributed by atoms with Crippen LogP contribution >= 0.6 is 0 Å². The summed E-state index contributed by atoms with van der Waals surface area (Å²) in [5.74, 6) is 0.0419. The van der Waals surface area contributed by atoms with Crippen molar-refractivity contribution < 1.29 is 22.7 Å². The predicted octanol–water partition coefficient (Wildman–Crippen LogP) is 2.80. The molecule has 0 saturated heterocycles. The molecule has 9 heteroatoms. The fourth-order valence-electron chi connectivity index (χ4n) is 2.97. The van der Waals surface area contributed by atoms with Crippen molar-refractivity contribution in [2.24, 2.45) is 0 Å². The van der Waals surface area contributed by atoms with Crippen LogP contribution in [0.15, 0.2) is 77.8 Å². The summed E-state index contributed by atoms with van der Waals surface area (Å²) < 4.78 is 32.1. The second-order valence-electron chi connectivity index (χ2n) is 7.38. The zero-order valence-corrected chi connectivity index (χ0v) is 19.2.